The van der Waals surface area contributed by atoms with Crippen molar-refractivity contribution in [3.05, 3.63) is 71.2 Å². The van der Waals surface area contributed by atoms with Crippen molar-refractivity contribution < 1.29 is 9.59 Å². The van der Waals surface area contributed by atoms with Crippen molar-refractivity contribution in [2.45, 2.75) is 18.1 Å². The van der Waals surface area contributed by atoms with Crippen LogP contribution in [0.3, 0.4) is 0 Å². The van der Waals surface area contributed by atoms with Crippen molar-refractivity contribution in [1.82, 2.24) is 10.2 Å². The van der Waals surface area contributed by atoms with Gasteiger partial charge in [-0.05, 0) is 17.7 Å². The molecule has 6 nitrogen and oxygen atoms in total. The Balaban J connectivity index is 1.29. The van der Waals surface area contributed by atoms with Crippen molar-refractivity contribution in [1.29, 1.82) is 0 Å². The van der Waals surface area contributed by atoms with Gasteiger partial charge in [-0.2, -0.15) is 0 Å². The van der Waals surface area contributed by atoms with Crippen LogP contribution in [0.4, 0.5) is 10.8 Å². The van der Waals surface area contributed by atoms with Crippen LogP contribution in [-0.4, -0.2) is 34.3 Å². The first-order valence-electron chi connectivity index (χ1n) is 9.29. The van der Waals surface area contributed by atoms with Gasteiger partial charge in [-0.15, -0.1) is 22.0 Å². The molecule has 1 saturated heterocycles. The predicted octanol–water partition coefficient (Wildman–Crippen LogP) is 3.93. The topological polar surface area (TPSA) is 75.2 Å². The highest BCUT2D eigenvalue weighted by molar-refractivity contribution is 7.99. The molecule has 2 amide bonds. The number of hydrogen-bond donors (Lipinski definition) is 1. The van der Waals surface area contributed by atoms with Crippen LogP contribution in [0.1, 0.15) is 22.9 Å². The van der Waals surface area contributed by atoms with Crippen molar-refractivity contribution in [2.75, 3.05) is 22.5 Å². The van der Waals surface area contributed by atoms with Gasteiger partial charge in [0.05, 0.1) is 5.75 Å². The van der Waals surface area contributed by atoms with E-state index in [0.717, 1.165) is 16.4 Å². The Morgan fingerprint density at radius 2 is 1.83 bits per heavy atom. The second-order valence-electron chi connectivity index (χ2n) is 6.71. The van der Waals surface area contributed by atoms with Gasteiger partial charge in [0, 0.05) is 30.3 Å². The number of amides is 2. The molecule has 1 aliphatic rings. The zero-order valence-electron chi connectivity index (χ0n) is 15.7. The van der Waals surface area contributed by atoms with Crippen LogP contribution in [-0.2, 0) is 15.3 Å². The highest BCUT2D eigenvalue weighted by Gasteiger charge is 2.33. The molecule has 0 radical (unpaired) electrons. The Hall–Kier alpha value is -2.71. The van der Waals surface area contributed by atoms with Crippen LogP contribution in [0, 0.1) is 0 Å². The maximum atomic E-state index is 12.4. The van der Waals surface area contributed by atoms with Crippen molar-refractivity contribution >= 4 is 45.7 Å². The molecular weight excluding hydrogens is 404 g/mol. The Bertz CT molecular complexity index is 979. The number of carbonyl (C=O) groups is 2. The van der Waals surface area contributed by atoms with E-state index in [9.17, 15) is 9.59 Å². The van der Waals surface area contributed by atoms with E-state index in [1.165, 1.54) is 16.9 Å². The van der Waals surface area contributed by atoms with Crippen LogP contribution in [0.2, 0.25) is 0 Å². The summed E-state index contributed by atoms with van der Waals surface area (Å²) in [5, 5.41) is 12.4. The quantitative estimate of drug-likeness (QED) is 0.622. The molecule has 1 aliphatic heterocycles. The maximum absolute atomic E-state index is 12.4. The minimum absolute atomic E-state index is 0.00156. The third-order valence-corrected chi connectivity index (χ3v) is 6.58. The van der Waals surface area contributed by atoms with E-state index < -0.39 is 0 Å². The van der Waals surface area contributed by atoms with Crippen LogP contribution < -0.4 is 10.2 Å². The lowest BCUT2D eigenvalue weighted by atomic mass is 10.1. The largest absolute Gasteiger partial charge is 0.312 e. The molecule has 0 unspecified atom stereocenters. The van der Waals surface area contributed by atoms with E-state index in [-0.39, 0.29) is 17.7 Å². The van der Waals surface area contributed by atoms with Crippen LogP contribution >= 0.6 is 23.1 Å². The summed E-state index contributed by atoms with van der Waals surface area (Å²) >= 11 is 2.90. The Morgan fingerprint density at radius 3 is 2.59 bits per heavy atom. The molecule has 4 rings (SSSR count). The number of anilines is 2. The number of nitrogens with one attached hydrogen (secondary N) is 1. The average Bonchev–Trinajstić information content (AvgIpc) is 3.36. The third-order valence-electron chi connectivity index (χ3n) is 4.57. The van der Waals surface area contributed by atoms with Crippen molar-refractivity contribution in [2.24, 2.45) is 0 Å². The SMILES string of the molecule is O=C(CSCc1ccccc1)Nc1nnc([C@H]2CC(=O)N(c3ccccc3)C2)s1. The first-order chi connectivity index (χ1) is 14.2. The molecule has 0 bridgehead atoms. The number of benzene rings is 2. The van der Waals surface area contributed by atoms with Gasteiger partial charge >= 0.3 is 0 Å². The predicted molar refractivity (Wildman–Crippen MR) is 117 cm³/mol. The van der Waals surface area contributed by atoms with Gasteiger partial charge in [-0.1, -0.05) is 59.9 Å². The van der Waals surface area contributed by atoms with Crippen LogP contribution in [0.5, 0.6) is 0 Å². The Labute approximate surface area is 177 Å². The van der Waals surface area contributed by atoms with E-state index in [1.807, 2.05) is 60.7 Å². The summed E-state index contributed by atoms with van der Waals surface area (Å²) in [5.41, 5.74) is 2.09. The molecule has 148 valence electrons. The van der Waals surface area contributed by atoms with Gasteiger partial charge in [0.1, 0.15) is 5.01 Å². The second-order valence-corrected chi connectivity index (χ2v) is 8.71. The number of thioether (sulfide) groups is 1. The number of hydrogen-bond acceptors (Lipinski definition) is 6. The van der Waals surface area contributed by atoms with Gasteiger partial charge in [-0.25, -0.2) is 0 Å². The second kappa shape index (κ2) is 9.19. The first kappa shape index (κ1) is 19.6. The monoisotopic (exact) mass is 424 g/mol. The van der Waals surface area contributed by atoms with E-state index in [2.05, 4.69) is 15.5 Å². The number of carbonyl (C=O) groups excluding carboxylic acids is 2. The van der Waals surface area contributed by atoms with Gasteiger partial charge in [0.25, 0.3) is 0 Å². The number of nitrogens with zero attached hydrogens (tertiary/aromatic N) is 3. The third kappa shape index (κ3) is 5.02. The molecule has 2 aromatic carbocycles. The zero-order chi connectivity index (χ0) is 20.1. The summed E-state index contributed by atoms with van der Waals surface area (Å²) in [4.78, 5) is 26.3. The highest BCUT2D eigenvalue weighted by atomic mass is 32.2. The molecule has 8 heteroatoms. The maximum Gasteiger partial charge on any atom is 0.236 e. The van der Waals surface area contributed by atoms with Crippen LogP contribution in [0.15, 0.2) is 60.7 Å². The summed E-state index contributed by atoms with van der Waals surface area (Å²) in [7, 11) is 0. The summed E-state index contributed by atoms with van der Waals surface area (Å²) in [5.74, 6) is 1.13. The lowest BCUT2D eigenvalue weighted by Gasteiger charge is -2.15. The molecule has 29 heavy (non-hydrogen) atoms. The fraction of sp³-hybridized carbons (Fsp3) is 0.238. The summed E-state index contributed by atoms with van der Waals surface area (Å²) in [6, 6.07) is 19.7. The molecule has 2 heterocycles. The van der Waals surface area contributed by atoms with Gasteiger partial charge in [0.2, 0.25) is 16.9 Å². The van der Waals surface area contributed by atoms with Crippen molar-refractivity contribution in [3.8, 4) is 0 Å². The molecule has 0 aliphatic carbocycles. The number of rotatable bonds is 7. The van der Waals surface area contributed by atoms with E-state index in [0.29, 0.717) is 23.8 Å². The van der Waals surface area contributed by atoms with Gasteiger partial charge in [-0.3, -0.25) is 14.9 Å². The van der Waals surface area contributed by atoms with Gasteiger partial charge in [0.15, 0.2) is 0 Å². The normalized spacial score (nSPS) is 16.2. The average molecular weight is 425 g/mol. The van der Waals surface area contributed by atoms with E-state index in [4.69, 9.17) is 0 Å². The lowest BCUT2D eigenvalue weighted by molar-refractivity contribution is -0.117. The first-order valence-corrected chi connectivity index (χ1v) is 11.3. The molecule has 1 aromatic heterocycles. The molecule has 0 saturated carbocycles. The number of para-hydroxylation sites is 1. The minimum atomic E-state index is -0.0953. The molecule has 1 atom stereocenters. The standard InChI is InChI=1S/C21H20N4O2S2/c26-18(14-28-13-15-7-3-1-4-8-15)22-21-24-23-20(29-21)16-11-19(27)25(12-16)17-9-5-2-6-10-17/h1-10,16H,11-14H2,(H,22,24,26)/t16-/m0/s1. The summed E-state index contributed by atoms with van der Waals surface area (Å²) in [6.45, 7) is 0.582. The smallest absolute Gasteiger partial charge is 0.236 e. The fourth-order valence-electron chi connectivity index (χ4n) is 3.17. The molecule has 3 aromatic rings. The molecule has 0 spiro atoms. The summed E-state index contributed by atoms with van der Waals surface area (Å²) < 4.78 is 0. The molecule has 1 N–H and O–H groups in total. The Kier molecular flexibility index (Phi) is 6.21. The highest BCUT2D eigenvalue weighted by Crippen LogP contribution is 2.34. The Morgan fingerprint density at radius 1 is 1.10 bits per heavy atom. The lowest BCUT2D eigenvalue weighted by Crippen LogP contribution is -2.24. The minimum Gasteiger partial charge on any atom is -0.312 e. The van der Waals surface area contributed by atoms with Crippen LogP contribution in [0.25, 0.3) is 0 Å². The fourth-order valence-corrected chi connectivity index (χ4v) is 4.81. The molecule has 1 fully saturated rings. The van der Waals surface area contributed by atoms with E-state index >= 15 is 0 Å². The summed E-state index contributed by atoms with van der Waals surface area (Å²) in [6.07, 6.45) is 0.407. The number of aromatic nitrogens is 2. The molecular formula is C21H20N4O2S2. The zero-order valence-corrected chi connectivity index (χ0v) is 17.3. The van der Waals surface area contributed by atoms with E-state index in [1.54, 1.807) is 16.7 Å². The van der Waals surface area contributed by atoms with Crippen molar-refractivity contribution in [3.63, 3.8) is 0 Å². The van der Waals surface area contributed by atoms with Gasteiger partial charge < -0.3 is 4.90 Å².